The molecule has 1 aromatic rings. The van der Waals surface area contributed by atoms with Crippen molar-refractivity contribution in [2.75, 3.05) is 0 Å². The molecule has 1 fully saturated rings. The maximum atomic E-state index is 12.4. The Hall–Kier alpha value is -4.02. The lowest BCUT2D eigenvalue weighted by Crippen LogP contribution is -2.45. The number of carbonyl (C=O) groups is 6. The van der Waals surface area contributed by atoms with Crippen LogP contribution >= 0.6 is 0 Å². The summed E-state index contributed by atoms with van der Waals surface area (Å²) in [7, 11) is 0. The highest BCUT2D eigenvalue weighted by Crippen LogP contribution is 2.31. The van der Waals surface area contributed by atoms with Crippen LogP contribution in [0.5, 0.6) is 0 Å². The number of carboxylic acid groups (broad SMARTS) is 1. The number of aliphatic carboxylic acids is 1. The second-order valence-corrected chi connectivity index (χ2v) is 7.11. The number of carboxylic acids is 1. The zero-order chi connectivity index (χ0) is 23.3. The van der Waals surface area contributed by atoms with Crippen LogP contribution in [0, 0.1) is 0 Å². The number of benzene rings is 1. The van der Waals surface area contributed by atoms with Crippen LogP contribution in [-0.2, 0) is 33.5 Å². The molecule has 11 heteroatoms. The van der Waals surface area contributed by atoms with Gasteiger partial charge >= 0.3 is 12.1 Å². The number of hydroxylamine groups is 2. The lowest BCUT2D eigenvalue weighted by atomic mass is 9.96. The molecule has 2 atom stereocenters. The summed E-state index contributed by atoms with van der Waals surface area (Å²) in [5.74, 6) is -3.74. The SMILES string of the molecule is O=C(O)CCCC(C(OC(=O)ON1C(=O)CCC1=O)c1ccccc1)N1C(=O)C=CC1=O. The first-order valence-electron chi connectivity index (χ1n) is 9.84. The van der Waals surface area contributed by atoms with Crippen LogP contribution in [0.25, 0.3) is 0 Å². The number of hydrogen-bond acceptors (Lipinski definition) is 8. The molecule has 2 heterocycles. The molecule has 11 nitrogen and oxygen atoms in total. The van der Waals surface area contributed by atoms with Crippen molar-refractivity contribution in [1.82, 2.24) is 9.96 Å². The first kappa shape index (κ1) is 22.7. The van der Waals surface area contributed by atoms with E-state index in [9.17, 15) is 28.8 Å². The molecule has 168 valence electrons. The zero-order valence-corrected chi connectivity index (χ0v) is 16.8. The minimum atomic E-state index is -1.38. The summed E-state index contributed by atoms with van der Waals surface area (Å²) in [6.45, 7) is 0. The van der Waals surface area contributed by atoms with Gasteiger partial charge in [-0.2, -0.15) is 0 Å². The predicted octanol–water partition coefficient (Wildman–Crippen LogP) is 1.49. The molecule has 32 heavy (non-hydrogen) atoms. The van der Waals surface area contributed by atoms with Crippen molar-refractivity contribution in [3.8, 4) is 0 Å². The molecule has 1 saturated heterocycles. The van der Waals surface area contributed by atoms with Crippen molar-refractivity contribution < 1.29 is 43.4 Å². The minimum Gasteiger partial charge on any atom is -0.481 e. The van der Waals surface area contributed by atoms with Crippen LogP contribution in [0.15, 0.2) is 42.5 Å². The smallest absolute Gasteiger partial charge is 0.481 e. The van der Waals surface area contributed by atoms with Gasteiger partial charge in [0.2, 0.25) is 0 Å². The van der Waals surface area contributed by atoms with Crippen molar-refractivity contribution in [3.63, 3.8) is 0 Å². The van der Waals surface area contributed by atoms with E-state index >= 15 is 0 Å². The third-order valence-electron chi connectivity index (χ3n) is 4.94. The number of rotatable bonds is 9. The van der Waals surface area contributed by atoms with E-state index in [1.165, 1.54) is 0 Å². The van der Waals surface area contributed by atoms with Gasteiger partial charge in [-0.15, -0.1) is 0 Å². The molecule has 1 N–H and O–H groups in total. The van der Waals surface area contributed by atoms with Crippen LogP contribution in [-0.4, -0.2) is 56.9 Å². The number of nitrogens with zero attached hydrogens (tertiary/aromatic N) is 2. The Morgan fingerprint density at radius 2 is 1.56 bits per heavy atom. The van der Waals surface area contributed by atoms with Gasteiger partial charge in [0.05, 0.1) is 6.04 Å². The fourth-order valence-corrected chi connectivity index (χ4v) is 3.49. The minimum absolute atomic E-state index is 0.0138. The molecule has 0 spiro atoms. The molecule has 2 unspecified atom stereocenters. The summed E-state index contributed by atoms with van der Waals surface area (Å²) < 4.78 is 5.40. The van der Waals surface area contributed by atoms with Gasteiger partial charge in [-0.25, -0.2) is 4.79 Å². The average Bonchev–Trinajstić information content (AvgIpc) is 3.26. The molecule has 0 aromatic heterocycles. The third kappa shape index (κ3) is 5.17. The van der Waals surface area contributed by atoms with Gasteiger partial charge in [0.25, 0.3) is 23.6 Å². The Bertz CT molecular complexity index is 939. The highest BCUT2D eigenvalue weighted by Gasteiger charge is 2.40. The summed E-state index contributed by atoms with van der Waals surface area (Å²) in [6.07, 6.45) is -0.827. The van der Waals surface area contributed by atoms with Crippen LogP contribution in [0.4, 0.5) is 4.79 Å². The number of hydrogen-bond donors (Lipinski definition) is 1. The largest absolute Gasteiger partial charge is 0.534 e. The van der Waals surface area contributed by atoms with Crippen LogP contribution in [0.3, 0.4) is 0 Å². The Morgan fingerprint density at radius 1 is 0.969 bits per heavy atom. The highest BCUT2D eigenvalue weighted by atomic mass is 16.8. The molecular weight excluding hydrogens is 424 g/mol. The molecule has 4 amide bonds. The Morgan fingerprint density at radius 3 is 2.12 bits per heavy atom. The van der Waals surface area contributed by atoms with Crippen molar-refractivity contribution in [3.05, 3.63) is 48.0 Å². The zero-order valence-electron chi connectivity index (χ0n) is 16.8. The van der Waals surface area contributed by atoms with E-state index in [1.807, 2.05) is 0 Å². The third-order valence-corrected chi connectivity index (χ3v) is 4.94. The Balaban J connectivity index is 1.88. The van der Waals surface area contributed by atoms with Crippen molar-refractivity contribution in [1.29, 1.82) is 0 Å². The van der Waals surface area contributed by atoms with Gasteiger partial charge in [0.15, 0.2) is 6.10 Å². The second kappa shape index (κ2) is 9.86. The van der Waals surface area contributed by atoms with Gasteiger partial charge in [-0.1, -0.05) is 35.4 Å². The van der Waals surface area contributed by atoms with E-state index in [2.05, 4.69) is 0 Å². The van der Waals surface area contributed by atoms with E-state index in [0.717, 1.165) is 17.1 Å². The van der Waals surface area contributed by atoms with Crippen molar-refractivity contribution in [2.45, 2.75) is 44.2 Å². The summed E-state index contributed by atoms with van der Waals surface area (Å²) in [6, 6.07) is 7.12. The Kier molecular flexibility index (Phi) is 6.98. The summed E-state index contributed by atoms with van der Waals surface area (Å²) in [5, 5.41) is 9.29. The molecule has 0 aliphatic carbocycles. The van der Waals surface area contributed by atoms with Gasteiger partial charge < -0.3 is 9.84 Å². The molecule has 1 aromatic carbocycles. The standard InChI is InChI=1S/C21H20N2O9/c24-15-9-10-16(25)22(15)14(7-4-8-19(28)29)20(13-5-2-1-3-6-13)31-21(30)32-23-17(26)11-12-18(23)27/h1-3,5-6,9-10,14,20H,4,7-8,11-12H2,(H,28,29). The number of amides is 4. The summed E-state index contributed by atoms with van der Waals surface area (Å²) >= 11 is 0. The molecule has 2 aliphatic heterocycles. The quantitative estimate of drug-likeness (QED) is 0.442. The van der Waals surface area contributed by atoms with E-state index in [-0.39, 0.29) is 32.1 Å². The van der Waals surface area contributed by atoms with E-state index in [0.29, 0.717) is 10.6 Å². The molecular formula is C21H20N2O9. The molecule has 0 radical (unpaired) electrons. The number of imide groups is 2. The monoisotopic (exact) mass is 444 g/mol. The lowest BCUT2D eigenvalue weighted by molar-refractivity contribution is -0.179. The first-order valence-corrected chi connectivity index (χ1v) is 9.84. The van der Waals surface area contributed by atoms with Gasteiger partial charge in [-0.3, -0.25) is 33.7 Å². The second-order valence-electron chi connectivity index (χ2n) is 7.11. The topological polar surface area (TPSA) is 148 Å². The lowest BCUT2D eigenvalue weighted by Gasteiger charge is -2.33. The van der Waals surface area contributed by atoms with Crippen LogP contribution in [0.1, 0.15) is 43.8 Å². The summed E-state index contributed by atoms with van der Waals surface area (Å²) in [4.78, 5) is 77.2. The van der Waals surface area contributed by atoms with Crippen molar-refractivity contribution >= 4 is 35.8 Å². The molecule has 3 rings (SSSR count). The number of ether oxygens (including phenoxy) is 1. The van der Waals surface area contributed by atoms with Gasteiger partial charge in [0.1, 0.15) is 0 Å². The first-order chi connectivity index (χ1) is 15.3. The van der Waals surface area contributed by atoms with E-state index < -0.39 is 47.9 Å². The Labute approximate surface area is 182 Å². The molecule has 0 bridgehead atoms. The average molecular weight is 444 g/mol. The fourth-order valence-electron chi connectivity index (χ4n) is 3.49. The predicted molar refractivity (Wildman–Crippen MR) is 104 cm³/mol. The number of carbonyl (C=O) groups excluding carboxylic acids is 5. The van der Waals surface area contributed by atoms with Gasteiger partial charge in [-0.05, 0) is 18.4 Å². The van der Waals surface area contributed by atoms with Crippen molar-refractivity contribution in [2.24, 2.45) is 0 Å². The summed E-state index contributed by atoms with van der Waals surface area (Å²) in [5.41, 5.74) is 0.399. The van der Waals surface area contributed by atoms with E-state index in [1.54, 1.807) is 30.3 Å². The van der Waals surface area contributed by atoms with E-state index in [4.69, 9.17) is 14.7 Å². The van der Waals surface area contributed by atoms with Gasteiger partial charge in [0, 0.05) is 31.4 Å². The maximum absolute atomic E-state index is 12.4. The normalized spacial score (nSPS) is 17.6. The maximum Gasteiger partial charge on any atom is 0.534 e. The highest BCUT2D eigenvalue weighted by molar-refractivity contribution is 6.13. The molecule has 2 aliphatic rings. The fraction of sp³-hybridized carbons (Fsp3) is 0.333. The molecule has 0 saturated carbocycles. The van der Waals surface area contributed by atoms with Crippen LogP contribution < -0.4 is 0 Å². The van der Waals surface area contributed by atoms with Crippen LogP contribution in [0.2, 0.25) is 0 Å².